The van der Waals surface area contributed by atoms with E-state index in [-0.39, 0.29) is 5.97 Å². The molecule has 0 fully saturated rings. The summed E-state index contributed by atoms with van der Waals surface area (Å²) in [5, 5.41) is 0. The van der Waals surface area contributed by atoms with Crippen molar-refractivity contribution in [1.82, 2.24) is 0 Å². The molecule has 0 bridgehead atoms. The van der Waals surface area contributed by atoms with Crippen molar-refractivity contribution in [3.63, 3.8) is 0 Å². The van der Waals surface area contributed by atoms with Crippen molar-refractivity contribution in [2.24, 2.45) is 10.9 Å². The van der Waals surface area contributed by atoms with Gasteiger partial charge in [0.15, 0.2) is 0 Å². The minimum absolute atomic E-state index is 0.313. The Morgan fingerprint density at radius 3 is 2.78 bits per heavy atom. The van der Waals surface area contributed by atoms with Crippen LogP contribution in [0.15, 0.2) is 17.1 Å². The molecule has 0 amide bonds. The molecular formula is C15H27NO2. The fourth-order valence-electron chi connectivity index (χ4n) is 1.62. The normalized spacial score (nSPS) is 12.6. The van der Waals surface area contributed by atoms with Gasteiger partial charge in [0.05, 0.1) is 6.61 Å². The maximum atomic E-state index is 11.1. The zero-order chi connectivity index (χ0) is 13.8. The summed E-state index contributed by atoms with van der Waals surface area (Å²) in [5.74, 6) is 0.477. The van der Waals surface area contributed by atoms with Crippen LogP contribution in [0.2, 0.25) is 0 Å². The van der Waals surface area contributed by atoms with Crippen LogP contribution < -0.4 is 0 Å². The smallest absolute Gasteiger partial charge is 0.333 e. The predicted molar refractivity (Wildman–Crippen MR) is 77.1 cm³/mol. The van der Waals surface area contributed by atoms with E-state index in [1.165, 1.54) is 19.3 Å². The average molecular weight is 253 g/mol. The molecule has 0 heterocycles. The summed E-state index contributed by atoms with van der Waals surface area (Å²) in [5.41, 5.74) is 0.448. The molecule has 0 spiro atoms. The van der Waals surface area contributed by atoms with Crippen LogP contribution in [0, 0.1) is 5.92 Å². The van der Waals surface area contributed by atoms with Crippen LogP contribution in [0.25, 0.3) is 0 Å². The van der Waals surface area contributed by atoms with Crippen LogP contribution in [-0.4, -0.2) is 25.3 Å². The Balaban J connectivity index is 3.38. The van der Waals surface area contributed by atoms with Crippen LogP contribution in [0.4, 0.5) is 0 Å². The number of nitrogens with zero attached hydrogens (tertiary/aromatic N) is 1. The highest BCUT2D eigenvalue weighted by Crippen LogP contribution is 2.10. The number of hydrogen-bond acceptors (Lipinski definition) is 3. The van der Waals surface area contributed by atoms with Crippen LogP contribution in [0.5, 0.6) is 0 Å². The van der Waals surface area contributed by atoms with Crippen LogP contribution >= 0.6 is 0 Å². The van der Waals surface area contributed by atoms with Gasteiger partial charge in [-0.05, 0) is 31.9 Å². The van der Waals surface area contributed by atoms with Crippen molar-refractivity contribution in [3.8, 4) is 0 Å². The first-order valence-corrected chi connectivity index (χ1v) is 6.88. The topological polar surface area (TPSA) is 38.7 Å². The third-order valence-electron chi connectivity index (χ3n) is 2.71. The third kappa shape index (κ3) is 10.1. The van der Waals surface area contributed by atoms with Crippen molar-refractivity contribution in [3.05, 3.63) is 12.2 Å². The quantitative estimate of drug-likeness (QED) is 0.257. The molecule has 0 aromatic heterocycles. The second-order valence-corrected chi connectivity index (χ2v) is 4.83. The minimum atomic E-state index is -0.313. The van der Waals surface area contributed by atoms with Crippen LogP contribution in [0.1, 0.15) is 52.9 Å². The Hall–Kier alpha value is -1.12. The Morgan fingerprint density at radius 1 is 1.44 bits per heavy atom. The monoisotopic (exact) mass is 253 g/mol. The zero-order valence-electron chi connectivity index (χ0n) is 12.1. The molecule has 3 nitrogen and oxygen atoms in total. The van der Waals surface area contributed by atoms with Gasteiger partial charge in [-0.3, -0.25) is 4.99 Å². The maximum absolute atomic E-state index is 11.1. The number of aliphatic imine (C=N–C) groups is 1. The van der Waals surface area contributed by atoms with Crippen molar-refractivity contribution >= 4 is 12.2 Å². The molecule has 0 aliphatic carbocycles. The number of hydrogen-bond donors (Lipinski definition) is 0. The van der Waals surface area contributed by atoms with E-state index in [1.807, 2.05) is 6.21 Å². The van der Waals surface area contributed by atoms with Gasteiger partial charge in [-0.25, -0.2) is 4.79 Å². The van der Waals surface area contributed by atoms with Crippen molar-refractivity contribution in [1.29, 1.82) is 0 Å². The summed E-state index contributed by atoms with van der Waals surface area (Å²) >= 11 is 0. The van der Waals surface area contributed by atoms with Gasteiger partial charge >= 0.3 is 5.97 Å². The highest BCUT2D eigenvalue weighted by atomic mass is 16.5. The first-order valence-electron chi connectivity index (χ1n) is 6.88. The molecule has 1 unspecified atom stereocenters. The molecular weight excluding hydrogens is 226 g/mol. The summed E-state index contributed by atoms with van der Waals surface area (Å²) in [7, 11) is 0. The average Bonchev–Trinajstić information content (AvgIpc) is 2.32. The highest BCUT2D eigenvalue weighted by Gasteiger charge is 2.01. The van der Waals surface area contributed by atoms with E-state index in [2.05, 4.69) is 25.4 Å². The molecule has 0 aromatic carbocycles. The van der Waals surface area contributed by atoms with Crippen molar-refractivity contribution in [2.75, 3.05) is 13.2 Å². The largest absolute Gasteiger partial charge is 0.462 e. The summed E-state index contributed by atoms with van der Waals surface area (Å²) in [6.07, 6.45) is 7.58. The summed E-state index contributed by atoms with van der Waals surface area (Å²) in [6.45, 7) is 10.8. The molecule has 0 rings (SSSR count). The van der Waals surface area contributed by atoms with Crippen LogP contribution in [-0.2, 0) is 9.53 Å². The molecule has 1 atom stereocenters. The van der Waals surface area contributed by atoms with E-state index in [0.717, 1.165) is 25.3 Å². The molecule has 0 aromatic rings. The Morgan fingerprint density at radius 2 is 2.17 bits per heavy atom. The van der Waals surface area contributed by atoms with Gasteiger partial charge in [0.2, 0.25) is 0 Å². The molecule has 0 saturated heterocycles. The number of rotatable bonds is 10. The van der Waals surface area contributed by atoms with Gasteiger partial charge < -0.3 is 4.74 Å². The summed E-state index contributed by atoms with van der Waals surface area (Å²) in [6, 6.07) is 0. The van der Waals surface area contributed by atoms with E-state index >= 15 is 0 Å². The first-order chi connectivity index (χ1) is 8.57. The second kappa shape index (κ2) is 11.0. The lowest BCUT2D eigenvalue weighted by molar-refractivity contribution is -0.138. The second-order valence-electron chi connectivity index (χ2n) is 4.83. The molecule has 0 aliphatic heterocycles. The SMILES string of the molecule is C=C(C)C(=O)OCCCN=CCCC(C)CCC. The fourth-order valence-corrected chi connectivity index (χ4v) is 1.62. The molecule has 104 valence electrons. The Bertz CT molecular complexity index is 272. The lowest BCUT2D eigenvalue weighted by Gasteiger charge is -2.06. The lowest BCUT2D eigenvalue weighted by Crippen LogP contribution is -2.06. The number of carbonyl (C=O) groups is 1. The van der Waals surface area contributed by atoms with Gasteiger partial charge in [0.25, 0.3) is 0 Å². The third-order valence-corrected chi connectivity index (χ3v) is 2.71. The summed E-state index contributed by atoms with van der Waals surface area (Å²) in [4.78, 5) is 15.4. The highest BCUT2D eigenvalue weighted by molar-refractivity contribution is 5.86. The van der Waals surface area contributed by atoms with E-state index in [9.17, 15) is 4.79 Å². The fraction of sp³-hybridized carbons (Fsp3) is 0.733. The van der Waals surface area contributed by atoms with Crippen LogP contribution in [0.3, 0.4) is 0 Å². The minimum Gasteiger partial charge on any atom is -0.462 e. The van der Waals surface area contributed by atoms with Gasteiger partial charge in [-0.2, -0.15) is 0 Å². The Labute approximate surface area is 111 Å². The molecule has 18 heavy (non-hydrogen) atoms. The Kier molecular flexibility index (Phi) is 10.3. The number of carbonyl (C=O) groups excluding carboxylic acids is 1. The number of esters is 1. The maximum Gasteiger partial charge on any atom is 0.333 e. The van der Waals surface area contributed by atoms with Gasteiger partial charge in [0.1, 0.15) is 0 Å². The predicted octanol–water partition coefficient (Wildman–Crippen LogP) is 3.78. The van der Waals surface area contributed by atoms with Gasteiger partial charge in [-0.15, -0.1) is 0 Å². The van der Waals surface area contributed by atoms with Crippen molar-refractivity contribution < 1.29 is 9.53 Å². The standard InChI is InChI=1S/C15H27NO2/c1-5-8-14(4)9-6-10-16-11-7-12-18-15(17)13(2)3/h10,14H,2,5-9,11-12H2,1,3-4H3. The lowest BCUT2D eigenvalue weighted by atomic mass is 10.0. The first kappa shape index (κ1) is 16.9. The molecule has 0 saturated carbocycles. The van der Waals surface area contributed by atoms with Gasteiger partial charge in [0, 0.05) is 18.5 Å². The summed E-state index contributed by atoms with van der Waals surface area (Å²) < 4.78 is 4.97. The van der Waals surface area contributed by atoms with E-state index in [4.69, 9.17) is 4.74 Å². The van der Waals surface area contributed by atoms with E-state index in [1.54, 1.807) is 6.92 Å². The molecule has 0 N–H and O–H groups in total. The van der Waals surface area contributed by atoms with Crippen molar-refractivity contribution in [2.45, 2.75) is 52.9 Å². The van der Waals surface area contributed by atoms with E-state index in [0.29, 0.717) is 12.2 Å². The van der Waals surface area contributed by atoms with E-state index < -0.39 is 0 Å². The van der Waals surface area contributed by atoms with Gasteiger partial charge in [-0.1, -0.05) is 33.3 Å². The zero-order valence-corrected chi connectivity index (χ0v) is 12.1. The molecule has 0 radical (unpaired) electrons. The molecule has 3 heteroatoms. The molecule has 0 aliphatic rings. The number of ether oxygens (including phenoxy) is 1.